The van der Waals surface area contributed by atoms with Crippen LogP contribution in [0.25, 0.3) is 11.1 Å². The molecule has 42 heavy (non-hydrogen) atoms. The predicted molar refractivity (Wildman–Crippen MR) is 187 cm³/mol. The third-order valence-corrected chi connectivity index (χ3v) is 16.9. The Morgan fingerprint density at radius 2 is 1.31 bits per heavy atom. The summed E-state index contributed by atoms with van der Waals surface area (Å²) in [5.74, 6) is 0.493. The van der Waals surface area contributed by atoms with E-state index in [-0.39, 0.29) is 41.1 Å². The summed E-state index contributed by atoms with van der Waals surface area (Å²) in [4.78, 5) is 0. The fraction of sp³-hybridized carbons (Fsp3) is 0.410. The van der Waals surface area contributed by atoms with Crippen molar-refractivity contribution in [2.75, 3.05) is 0 Å². The third kappa shape index (κ3) is 6.75. The average Bonchev–Trinajstić information content (AvgIpc) is 3.44. The molecule has 0 heterocycles. The Bertz CT molecular complexity index is 1570. The third-order valence-electron chi connectivity index (χ3n) is 8.99. The van der Waals surface area contributed by atoms with Crippen molar-refractivity contribution in [2.24, 2.45) is 11.3 Å². The normalized spacial score (nSPS) is 16.9. The predicted octanol–water partition coefficient (Wildman–Crippen LogP) is 10.7. The van der Waals surface area contributed by atoms with Crippen molar-refractivity contribution in [3.8, 4) is 11.1 Å². The second-order valence-corrected chi connectivity index (χ2v) is 21.7. The number of hydrogen-bond acceptors (Lipinski definition) is 0. The zero-order chi connectivity index (χ0) is 29.2. The number of fused-ring (bicyclic) bond motifs is 3. The summed E-state index contributed by atoms with van der Waals surface area (Å²) in [7, 11) is 0. The monoisotopic (exact) mass is 678 g/mol. The van der Waals surface area contributed by atoms with Crippen molar-refractivity contribution in [1.82, 2.24) is 0 Å². The first-order chi connectivity index (χ1) is 18.6. The molecule has 0 N–H and O–H groups in total. The van der Waals surface area contributed by atoms with E-state index in [1.54, 1.807) is 15.3 Å². The van der Waals surface area contributed by atoms with Gasteiger partial charge in [0.05, 0.1) is 0 Å². The molecule has 224 valence electrons. The van der Waals surface area contributed by atoms with E-state index in [0.717, 1.165) is 6.42 Å². The molecular formula is C39H50Cl2Zr. The minimum Gasteiger partial charge on any atom is -0.147 e. The van der Waals surface area contributed by atoms with Gasteiger partial charge in [0.1, 0.15) is 0 Å². The molecule has 3 heteroatoms. The van der Waals surface area contributed by atoms with Gasteiger partial charge in [0.25, 0.3) is 0 Å². The van der Waals surface area contributed by atoms with Crippen LogP contribution in [-0.4, -0.2) is 3.21 Å². The molecular weight excluding hydrogens is 631 g/mol. The molecule has 1 atom stereocenters. The molecule has 0 saturated heterocycles. The topological polar surface area (TPSA) is 0 Å². The molecule has 5 rings (SSSR count). The molecule has 0 aromatic heterocycles. The van der Waals surface area contributed by atoms with Gasteiger partial charge in [-0.1, -0.05) is 0 Å². The summed E-state index contributed by atoms with van der Waals surface area (Å²) in [6.07, 6.45) is 6.25. The standard InChI is InChI=1S/C21H25.C10H15.C8H8.2ClH.Zr/c1-20(2,3)16-9-7-14-11-15-8-10-17(21(4,5)6)13-19(15)18(14)12-16;1-8-5-6-9(7-8)10(2,3)4;1-2-8-6-4-3-5-7-8;;;/h7,9-10,12-13H,11H2,1-6H3;6-8H,1-4H3;3-7H,1H3;2*1H;. The van der Waals surface area contributed by atoms with Crippen molar-refractivity contribution in [3.63, 3.8) is 0 Å². The Morgan fingerprint density at radius 1 is 0.714 bits per heavy atom. The first-order valence-corrected chi connectivity index (χ1v) is 18.8. The summed E-state index contributed by atoms with van der Waals surface area (Å²) in [5, 5.41) is 0. The van der Waals surface area contributed by atoms with Crippen LogP contribution >= 0.6 is 24.8 Å². The van der Waals surface area contributed by atoms with Crippen molar-refractivity contribution in [1.29, 1.82) is 0 Å². The molecule has 0 spiro atoms. The summed E-state index contributed by atoms with van der Waals surface area (Å²) in [6.45, 7) is 26.1. The number of allylic oxidation sites excluding steroid dienone is 4. The maximum absolute atomic E-state index is 2.65. The van der Waals surface area contributed by atoms with E-state index in [2.05, 4.69) is 149 Å². The molecule has 0 radical (unpaired) electrons. The van der Waals surface area contributed by atoms with E-state index in [0.29, 0.717) is 5.92 Å². The quantitative estimate of drug-likeness (QED) is 0.202. The van der Waals surface area contributed by atoms with Crippen LogP contribution in [0.2, 0.25) is 0 Å². The maximum atomic E-state index is 2.65. The van der Waals surface area contributed by atoms with Gasteiger partial charge in [0, 0.05) is 0 Å². The van der Waals surface area contributed by atoms with Crippen molar-refractivity contribution in [3.05, 3.63) is 109 Å². The fourth-order valence-electron chi connectivity index (χ4n) is 6.28. The summed E-state index contributed by atoms with van der Waals surface area (Å²) in [6, 6.07) is 23.7. The molecule has 3 aromatic carbocycles. The van der Waals surface area contributed by atoms with Crippen LogP contribution in [0.15, 0.2) is 81.7 Å². The molecule has 0 amide bonds. The largest absolute Gasteiger partial charge is 0.147 e. The molecule has 3 aromatic rings. The minimum absolute atomic E-state index is 0. The van der Waals surface area contributed by atoms with Gasteiger partial charge in [0.2, 0.25) is 0 Å². The van der Waals surface area contributed by atoms with Crippen LogP contribution in [-0.2, 0) is 38.5 Å². The van der Waals surface area contributed by atoms with Crippen molar-refractivity contribution in [2.45, 2.75) is 93.4 Å². The van der Waals surface area contributed by atoms with Crippen LogP contribution in [0.1, 0.15) is 104 Å². The molecule has 0 nitrogen and oxygen atoms in total. The second kappa shape index (κ2) is 12.5. The van der Waals surface area contributed by atoms with Crippen LogP contribution in [0.3, 0.4) is 0 Å². The molecule has 0 saturated carbocycles. The zero-order valence-corrected chi connectivity index (χ0v) is 31.6. The minimum atomic E-state index is -2.55. The van der Waals surface area contributed by atoms with E-state index in [9.17, 15) is 0 Å². The average molecular weight is 681 g/mol. The van der Waals surface area contributed by atoms with Gasteiger partial charge < -0.3 is 0 Å². The fourth-order valence-corrected chi connectivity index (χ4v) is 14.3. The number of benzene rings is 3. The second-order valence-electron chi connectivity index (χ2n) is 15.2. The first kappa shape index (κ1) is 35.0. The molecule has 1 unspecified atom stereocenters. The molecule has 2 aliphatic carbocycles. The Labute approximate surface area is 276 Å². The Hall–Kier alpha value is -1.53. The van der Waals surface area contributed by atoms with E-state index >= 15 is 0 Å². The van der Waals surface area contributed by atoms with Gasteiger partial charge in [-0.05, 0) is 0 Å². The number of halogens is 2. The van der Waals surface area contributed by atoms with Crippen molar-refractivity contribution >= 4 is 31.3 Å². The van der Waals surface area contributed by atoms with E-state index < -0.39 is 21.3 Å². The maximum Gasteiger partial charge on any atom is -0.147 e. The molecule has 0 bridgehead atoms. The van der Waals surface area contributed by atoms with Gasteiger partial charge in [-0.3, -0.25) is 0 Å². The Balaban J connectivity index is 0.00000242. The van der Waals surface area contributed by atoms with Gasteiger partial charge in [0.15, 0.2) is 0 Å². The van der Waals surface area contributed by atoms with Gasteiger partial charge in [-0.25, -0.2) is 0 Å². The van der Waals surface area contributed by atoms with Gasteiger partial charge >= 0.3 is 253 Å². The Morgan fingerprint density at radius 3 is 1.86 bits per heavy atom. The van der Waals surface area contributed by atoms with Crippen LogP contribution < -0.4 is 3.27 Å². The van der Waals surface area contributed by atoms with Crippen molar-refractivity contribution < 1.29 is 21.3 Å². The summed E-state index contributed by atoms with van der Waals surface area (Å²) < 4.78 is 5.07. The zero-order valence-electron chi connectivity index (χ0n) is 27.5. The van der Waals surface area contributed by atoms with E-state index in [4.69, 9.17) is 0 Å². The smallest absolute Gasteiger partial charge is 0.147 e. The van der Waals surface area contributed by atoms with E-state index in [1.807, 2.05) is 0 Å². The summed E-state index contributed by atoms with van der Waals surface area (Å²) >= 11 is -2.55. The summed E-state index contributed by atoms with van der Waals surface area (Å²) in [5.41, 5.74) is 12.3. The van der Waals surface area contributed by atoms with Gasteiger partial charge in [-0.15, -0.1) is 24.8 Å². The Kier molecular flexibility index (Phi) is 10.4. The van der Waals surface area contributed by atoms with Crippen LogP contribution in [0, 0.1) is 11.3 Å². The van der Waals surface area contributed by atoms with Crippen LogP contribution in [0.5, 0.6) is 0 Å². The molecule has 0 aliphatic heterocycles. The molecule has 2 aliphatic rings. The number of hydrogen-bond donors (Lipinski definition) is 0. The van der Waals surface area contributed by atoms with Gasteiger partial charge in [-0.2, -0.15) is 0 Å². The van der Waals surface area contributed by atoms with Crippen LogP contribution in [0.4, 0.5) is 0 Å². The molecule has 0 fully saturated rings. The number of rotatable bonds is 3. The first-order valence-electron chi connectivity index (χ1n) is 15.1. The van der Waals surface area contributed by atoms with E-state index in [1.165, 1.54) is 39.0 Å². The SMILES string of the molecule is C/[C](c1ccccc1)=[Zr](\[C]1=CC(C(C)(C)C)=CC1C)[c]1cc(C(C)(C)C)cc2c1Cc1ccc(C(C)(C)C)cc1-2.Cl.Cl.